The fraction of sp³-hybridized carbons (Fsp3) is 0.583. The number of likely N-dealkylation sites (tertiary alicyclic amines) is 1. The SMILES string of the molecule is CCNC(=NCC(C)c1c(C)noc1C)N1CC2OCCN(Cc3ccccc3)C2C1. The van der Waals surface area contributed by atoms with E-state index in [9.17, 15) is 0 Å². The van der Waals surface area contributed by atoms with Gasteiger partial charge in [-0.3, -0.25) is 9.89 Å². The number of benzene rings is 1. The van der Waals surface area contributed by atoms with E-state index in [0.717, 1.165) is 56.7 Å². The van der Waals surface area contributed by atoms with Crippen molar-refractivity contribution in [2.45, 2.75) is 52.3 Å². The molecule has 7 heteroatoms. The summed E-state index contributed by atoms with van der Waals surface area (Å²) in [4.78, 5) is 9.92. The summed E-state index contributed by atoms with van der Waals surface area (Å²) in [5.41, 5.74) is 3.49. The number of guanidine groups is 1. The van der Waals surface area contributed by atoms with E-state index in [4.69, 9.17) is 14.3 Å². The van der Waals surface area contributed by atoms with Gasteiger partial charge >= 0.3 is 0 Å². The molecule has 4 rings (SSSR count). The largest absolute Gasteiger partial charge is 0.373 e. The van der Waals surface area contributed by atoms with Gasteiger partial charge in [-0.25, -0.2) is 0 Å². The van der Waals surface area contributed by atoms with Crippen LogP contribution in [-0.4, -0.2) is 72.4 Å². The number of hydrogen-bond acceptors (Lipinski definition) is 5. The summed E-state index contributed by atoms with van der Waals surface area (Å²) in [7, 11) is 0. The van der Waals surface area contributed by atoms with Gasteiger partial charge in [-0.15, -0.1) is 0 Å². The lowest BCUT2D eigenvalue weighted by molar-refractivity contribution is -0.0502. The number of hydrogen-bond donors (Lipinski definition) is 1. The number of morpholine rings is 1. The van der Waals surface area contributed by atoms with Crippen molar-refractivity contribution < 1.29 is 9.26 Å². The Kier molecular flexibility index (Phi) is 6.92. The van der Waals surface area contributed by atoms with E-state index in [1.807, 2.05) is 13.8 Å². The molecule has 3 heterocycles. The van der Waals surface area contributed by atoms with Crippen LogP contribution in [0.1, 0.15) is 42.3 Å². The standard InChI is InChI=1S/C24H35N5O2/c1-5-25-24(26-13-17(2)23-18(3)27-31-19(23)4)29-15-21-22(16-29)30-12-11-28(21)14-20-9-7-6-8-10-20/h6-10,17,21-22H,5,11-16H2,1-4H3,(H,25,26). The first-order valence-electron chi connectivity index (χ1n) is 11.4. The number of aryl methyl sites for hydroxylation is 2. The number of aliphatic imine (C=N–C) groups is 1. The van der Waals surface area contributed by atoms with Crippen molar-refractivity contribution in [3.8, 4) is 0 Å². The van der Waals surface area contributed by atoms with Gasteiger partial charge in [0.2, 0.25) is 0 Å². The Balaban J connectivity index is 1.45. The molecule has 7 nitrogen and oxygen atoms in total. The predicted molar refractivity (Wildman–Crippen MR) is 122 cm³/mol. The molecule has 2 aliphatic rings. The Hall–Kier alpha value is -2.38. The first kappa shape index (κ1) is 21.8. The molecule has 168 valence electrons. The molecule has 2 saturated heterocycles. The maximum Gasteiger partial charge on any atom is 0.194 e. The average molecular weight is 426 g/mol. The van der Waals surface area contributed by atoms with Crippen LogP contribution in [0.25, 0.3) is 0 Å². The minimum atomic E-state index is 0.223. The fourth-order valence-corrected chi connectivity index (χ4v) is 4.88. The number of rotatable bonds is 6. The fourth-order valence-electron chi connectivity index (χ4n) is 4.88. The first-order chi connectivity index (χ1) is 15.1. The van der Waals surface area contributed by atoms with Crippen LogP contribution in [0.5, 0.6) is 0 Å². The van der Waals surface area contributed by atoms with Crippen LogP contribution in [0.2, 0.25) is 0 Å². The second kappa shape index (κ2) is 9.83. The molecule has 31 heavy (non-hydrogen) atoms. The molecule has 0 amide bonds. The molecule has 2 aromatic rings. The number of nitrogens with zero attached hydrogens (tertiary/aromatic N) is 4. The van der Waals surface area contributed by atoms with Gasteiger partial charge in [0.25, 0.3) is 0 Å². The zero-order chi connectivity index (χ0) is 21.8. The van der Waals surface area contributed by atoms with Crippen LogP contribution in [0.3, 0.4) is 0 Å². The highest BCUT2D eigenvalue weighted by Gasteiger charge is 2.41. The third kappa shape index (κ3) is 4.93. The van der Waals surface area contributed by atoms with Crippen molar-refractivity contribution in [2.24, 2.45) is 4.99 Å². The maximum atomic E-state index is 6.16. The molecule has 0 aliphatic carbocycles. The van der Waals surface area contributed by atoms with Crippen molar-refractivity contribution in [3.63, 3.8) is 0 Å². The van der Waals surface area contributed by atoms with E-state index in [-0.39, 0.29) is 12.0 Å². The van der Waals surface area contributed by atoms with Crippen LogP contribution in [-0.2, 0) is 11.3 Å². The second-order valence-corrected chi connectivity index (χ2v) is 8.67. The summed E-state index contributed by atoms with van der Waals surface area (Å²) in [6.07, 6.45) is 0.223. The highest BCUT2D eigenvalue weighted by atomic mass is 16.5. The van der Waals surface area contributed by atoms with Gasteiger partial charge in [0.15, 0.2) is 5.96 Å². The molecule has 2 aliphatic heterocycles. The number of fused-ring (bicyclic) bond motifs is 1. The molecular weight excluding hydrogens is 390 g/mol. The summed E-state index contributed by atoms with van der Waals surface area (Å²) in [6, 6.07) is 11.1. The number of aromatic nitrogens is 1. The van der Waals surface area contributed by atoms with E-state index < -0.39 is 0 Å². The van der Waals surface area contributed by atoms with Crippen LogP contribution in [0.15, 0.2) is 39.8 Å². The monoisotopic (exact) mass is 425 g/mol. The second-order valence-electron chi connectivity index (χ2n) is 8.67. The van der Waals surface area contributed by atoms with Crippen LogP contribution < -0.4 is 5.32 Å². The first-order valence-corrected chi connectivity index (χ1v) is 11.4. The Morgan fingerprint density at radius 2 is 2.06 bits per heavy atom. The quantitative estimate of drug-likeness (QED) is 0.567. The molecule has 1 aromatic carbocycles. The van der Waals surface area contributed by atoms with Crippen LogP contribution in [0, 0.1) is 13.8 Å². The summed E-state index contributed by atoms with van der Waals surface area (Å²) in [5, 5.41) is 7.59. The van der Waals surface area contributed by atoms with Crippen molar-refractivity contribution in [1.82, 2.24) is 20.3 Å². The lowest BCUT2D eigenvalue weighted by Crippen LogP contribution is -2.50. The molecule has 3 unspecified atom stereocenters. The summed E-state index contributed by atoms with van der Waals surface area (Å²) in [6.45, 7) is 14.4. The molecule has 1 N–H and O–H groups in total. The van der Waals surface area contributed by atoms with Crippen molar-refractivity contribution in [2.75, 3.05) is 39.3 Å². The lowest BCUT2D eigenvalue weighted by Gasteiger charge is -2.36. The number of nitrogens with one attached hydrogen (secondary N) is 1. The molecule has 0 bridgehead atoms. The van der Waals surface area contributed by atoms with Gasteiger partial charge in [-0.1, -0.05) is 42.4 Å². The summed E-state index contributed by atoms with van der Waals surface area (Å²) < 4.78 is 11.5. The Morgan fingerprint density at radius 1 is 1.26 bits per heavy atom. The van der Waals surface area contributed by atoms with Crippen LogP contribution >= 0.6 is 0 Å². The van der Waals surface area contributed by atoms with Gasteiger partial charge in [0.05, 0.1) is 24.4 Å². The van der Waals surface area contributed by atoms with E-state index in [0.29, 0.717) is 12.6 Å². The van der Waals surface area contributed by atoms with Gasteiger partial charge in [-0.2, -0.15) is 0 Å². The van der Waals surface area contributed by atoms with E-state index in [1.54, 1.807) is 0 Å². The number of ether oxygens (including phenoxy) is 1. The minimum Gasteiger partial charge on any atom is -0.373 e. The molecule has 3 atom stereocenters. The average Bonchev–Trinajstić information content (AvgIpc) is 3.35. The molecule has 2 fully saturated rings. The van der Waals surface area contributed by atoms with Crippen molar-refractivity contribution in [1.29, 1.82) is 0 Å². The summed E-state index contributed by atoms with van der Waals surface area (Å²) >= 11 is 0. The molecular formula is C24H35N5O2. The van der Waals surface area contributed by atoms with Gasteiger partial charge in [0.1, 0.15) is 5.76 Å². The van der Waals surface area contributed by atoms with Crippen LogP contribution in [0.4, 0.5) is 0 Å². The lowest BCUT2D eigenvalue weighted by atomic mass is 10.00. The highest BCUT2D eigenvalue weighted by Crippen LogP contribution is 2.26. The third-order valence-electron chi connectivity index (χ3n) is 6.38. The maximum absolute atomic E-state index is 6.16. The van der Waals surface area contributed by atoms with Crippen molar-refractivity contribution in [3.05, 3.63) is 52.9 Å². The normalized spacial score (nSPS) is 23.1. The zero-order valence-corrected chi connectivity index (χ0v) is 19.2. The summed E-state index contributed by atoms with van der Waals surface area (Å²) in [5.74, 6) is 2.12. The van der Waals surface area contributed by atoms with E-state index in [2.05, 4.69) is 64.5 Å². The zero-order valence-electron chi connectivity index (χ0n) is 19.2. The predicted octanol–water partition coefficient (Wildman–Crippen LogP) is 2.95. The highest BCUT2D eigenvalue weighted by molar-refractivity contribution is 5.80. The van der Waals surface area contributed by atoms with E-state index >= 15 is 0 Å². The van der Waals surface area contributed by atoms with Gasteiger partial charge in [0, 0.05) is 50.7 Å². The molecule has 0 radical (unpaired) electrons. The van der Waals surface area contributed by atoms with Gasteiger partial charge in [-0.05, 0) is 26.3 Å². The van der Waals surface area contributed by atoms with Crippen molar-refractivity contribution >= 4 is 5.96 Å². The Bertz CT molecular complexity index is 862. The molecule has 0 saturated carbocycles. The van der Waals surface area contributed by atoms with E-state index in [1.165, 1.54) is 11.1 Å². The Labute approximate surface area is 185 Å². The molecule has 1 aromatic heterocycles. The third-order valence-corrected chi connectivity index (χ3v) is 6.38. The Morgan fingerprint density at radius 3 is 2.77 bits per heavy atom. The molecule has 0 spiro atoms. The minimum absolute atomic E-state index is 0.223. The smallest absolute Gasteiger partial charge is 0.194 e. The van der Waals surface area contributed by atoms with Gasteiger partial charge < -0.3 is 19.5 Å². The topological polar surface area (TPSA) is 66.1 Å².